The number of alkyl halides is 3. The number of rotatable bonds is 8. The number of hydrogen-bond donors (Lipinski definition) is 0. The fourth-order valence-electron chi connectivity index (χ4n) is 4.13. The Balaban J connectivity index is 1.43. The van der Waals surface area contributed by atoms with E-state index in [1.165, 1.54) is 30.0 Å². The number of ether oxygens (including phenoxy) is 1. The molecule has 0 aliphatic rings. The van der Waals surface area contributed by atoms with Gasteiger partial charge in [0.25, 0.3) is 0 Å². The summed E-state index contributed by atoms with van der Waals surface area (Å²) in [5.74, 6) is 3.38. The number of benzene rings is 4. The summed E-state index contributed by atoms with van der Waals surface area (Å²) in [7, 11) is 0. The molecule has 0 aliphatic heterocycles. The molecule has 0 radical (unpaired) electrons. The Kier molecular flexibility index (Phi) is 8.68. The summed E-state index contributed by atoms with van der Waals surface area (Å²) in [4.78, 5) is 0. The van der Waals surface area contributed by atoms with Gasteiger partial charge in [-0.1, -0.05) is 73.7 Å². The minimum atomic E-state index is -4.57. The molecule has 0 saturated carbocycles. The molecule has 196 valence electrons. The molecule has 0 unspecified atom stereocenters. The molecule has 4 rings (SSSR count). The van der Waals surface area contributed by atoms with Gasteiger partial charge >= 0.3 is 6.18 Å². The molecule has 6 heteroatoms. The monoisotopic (exact) mass is 522 g/mol. The third kappa shape index (κ3) is 7.35. The summed E-state index contributed by atoms with van der Waals surface area (Å²) < 4.78 is 70.5. The Morgan fingerprint density at radius 3 is 2.11 bits per heavy atom. The van der Waals surface area contributed by atoms with Gasteiger partial charge in [-0.3, -0.25) is 0 Å². The fraction of sp³-hybridized carbons (Fsp3) is 0.250. The van der Waals surface area contributed by atoms with Gasteiger partial charge < -0.3 is 4.74 Å². The second-order valence-corrected chi connectivity index (χ2v) is 9.20. The van der Waals surface area contributed by atoms with E-state index in [1.54, 1.807) is 18.2 Å². The number of halogens is 5. The Bertz CT molecular complexity index is 1460. The lowest BCUT2D eigenvalue weighted by Gasteiger charge is -2.09. The largest absolute Gasteiger partial charge is 0.481 e. The van der Waals surface area contributed by atoms with E-state index >= 15 is 4.39 Å². The van der Waals surface area contributed by atoms with Crippen molar-refractivity contribution in [2.45, 2.75) is 45.2 Å². The van der Waals surface area contributed by atoms with Crippen LogP contribution in [0.4, 0.5) is 22.0 Å². The first-order valence-electron chi connectivity index (χ1n) is 12.5. The van der Waals surface area contributed by atoms with Crippen LogP contribution in [0.15, 0.2) is 72.8 Å². The van der Waals surface area contributed by atoms with Crippen molar-refractivity contribution in [1.82, 2.24) is 0 Å². The first-order valence-corrected chi connectivity index (χ1v) is 12.5. The molecule has 0 saturated heterocycles. The summed E-state index contributed by atoms with van der Waals surface area (Å²) in [6, 6.07) is 21.1. The molecule has 38 heavy (non-hydrogen) atoms. The van der Waals surface area contributed by atoms with Gasteiger partial charge in [-0.05, 0) is 72.0 Å². The summed E-state index contributed by atoms with van der Waals surface area (Å²) in [5.41, 5.74) is 4.06. The van der Waals surface area contributed by atoms with E-state index in [0.717, 1.165) is 42.3 Å². The van der Waals surface area contributed by atoms with Crippen LogP contribution in [-0.2, 0) is 19.3 Å². The van der Waals surface area contributed by atoms with Crippen molar-refractivity contribution in [1.29, 1.82) is 0 Å². The molecule has 0 atom stereocenters. The van der Waals surface area contributed by atoms with Crippen molar-refractivity contribution in [3.05, 3.63) is 112 Å². The maximum Gasteiger partial charge on any atom is 0.422 e. The van der Waals surface area contributed by atoms with Crippen molar-refractivity contribution in [2.24, 2.45) is 0 Å². The zero-order valence-electron chi connectivity index (χ0n) is 21.0. The standard InChI is InChI=1S/C32H27F5O/c1-2-3-4-22-5-7-23(8-6-22)9-10-24-12-17-28-27(19-24)16-15-26(31(28)34)14-11-25-13-18-30(29(33)20-25)38-21-32(35,36)37/h5-8,12-13,15-20H,2-4,9-10,21H2,1H3. The molecule has 0 aliphatic carbocycles. The number of unbranched alkanes of at least 4 members (excludes halogenated alkanes) is 1. The maximum absolute atomic E-state index is 15.1. The molecular formula is C32H27F5O. The molecule has 0 heterocycles. The lowest BCUT2D eigenvalue weighted by atomic mass is 9.98. The SMILES string of the molecule is CCCCc1ccc(CCc2ccc3c(F)c(C#Cc4ccc(OCC(F)(F)F)c(F)c4)ccc3c2)cc1. The van der Waals surface area contributed by atoms with E-state index in [4.69, 9.17) is 0 Å². The lowest BCUT2D eigenvalue weighted by Crippen LogP contribution is -2.19. The van der Waals surface area contributed by atoms with Crippen LogP contribution in [0.5, 0.6) is 5.75 Å². The van der Waals surface area contributed by atoms with Gasteiger partial charge in [0.1, 0.15) is 5.82 Å². The predicted octanol–water partition coefficient (Wildman–Crippen LogP) is 8.59. The summed E-state index contributed by atoms with van der Waals surface area (Å²) in [6.07, 6.45) is 0.626. The molecule has 0 fully saturated rings. The molecule has 0 spiro atoms. The van der Waals surface area contributed by atoms with Crippen LogP contribution in [0, 0.1) is 23.5 Å². The minimum Gasteiger partial charge on any atom is -0.481 e. The van der Waals surface area contributed by atoms with E-state index in [1.807, 2.05) is 12.1 Å². The van der Waals surface area contributed by atoms with Crippen molar-refractivity contribution in [2.75, 3.05) is 6.61 Å². The molecular weight excluding hydrogens is 495 g/mol. The average Bonchev–Trinajstić information content (AvgIpc) is 2.90. The number of fused-ring (bicyclic) bond motifs is 1. The van der Waals surface area contributed by atoms with Gasteiger partial charge in [0.2, 0.25) is 0 Å². The maximum atomic E-state index is 15.1. The first-order chi connectivity index (χ1) is 18.2. The van der Waals surface area contributed by atoms with Gasteiger partial charge in [-0.25, -0.2) is 8.78 Å². The van der Waals surface area contributed by atoms with E-state index < -0.39 is 30.2 Å². The first kappa shape index (κ1) is 27.2. The van der Waals surface area contributed by atoms with Crippen LogP contribution in [0.3, 0.4) is 0 Å². The molecule has 0 amide bonds. The average molecular weight is 523 g/mol. The lowest BCUT2D eigenvalue weighted by molar-refractivity contribution is -0.153. The molecule has 4 aromatic carbocycles. The third-order valence-electron chi connectivity index (χ3n) is 6.23. The summed E-state index contributed by atoms with van der Waals surface area (Å²) >= 11 is 0. The minimum absolute atomic E-state index is 0.145. The van der Waals surface area contributed by atoms with Crippen LogP contribution < -0.4 is 4.74 Å². The fourth-order valence-corrected chi connectivity index (χ4v) is 4.13. The summed E-state index contributed by atoms with van der Waals surface area (Å²) in [6.45, 7) is 0.595. The Morgan fingerprint density at radius 1 is 0.737 bits per heavy atom. The predicted molar refractivity (Wildman–Crippen MR) is 140 cm³/mol. The van der Waals surface area contributed by atoms with Gasteiger partial charge in [-0.2, -0.15) is 13.2 Å². The topological polar surface area (TPSA) is 9.23 Å². The Labute approximate surface area is 219 Å². The van der Waals surface area contributed by atoms with Crippen LogP contribution in [-0.4, -0.2) is 12.8 Å². The third-order valence-corrected chi connectivity index (χ3v) is 6.23. The van der Waals surface area contributed by atoms with Gasteiger partial charge in [-0.15, -0.1) is 0 Å². The van der Waals surface area contributed by atoms with E-state index in [9.17, 15) is 17.6 Å². The highest BCUT2D eigenvalue weighted by Crippen LogP contribution is 2.24. The second kappa shape index (κ2) is 12.1. The smallest absolute Gasteiger partial charge is 0.422 e. The highest BCUT2D eigenvalue weighted by molar-refractivity contribution is 5.85. The number of aryl methyl sites for hydroxylation is 3. The Morgan fingerprint density at radius 2 is 1.42 bits per heavy atom. The molecule has 0 N–H and O–H groups in total. The van der Waals surface area contributed by atoms with Crippen molar-refractivity contribution in [3.8, 4) is 17.6 Å². The quantitative estimate of drug-likeness (QED) is 0.166. The normalized spacial score (nSPS) is 11.3. The van der Waals surface area contributed by atoms with E-state index in [0.29, 0.717) is 5.39 Å². The highest BCUT2D eigenvalue weighted by Gasteiger charge is 2.28. The van der Waals surface area contributed by atoms with Crippen LogP contribution in [0.2, 0.25) is 0 Å². The van der Waals surface area contributed by atoms with Crippen molar-refractivity contribution in [3.63, 3.8) is 0 Å². The van der Waals surface area contributed by atoms with Gasteiger partial charge in [0, 0.05) is 10.9 Å². The highest BCUT2D eigenvalue weighted by atomic mass is 19.4. The van der Waals surface area contributed by atoms with Gasteiger partial charge in [0.15, 0.2) is 18.2 Å². The second-order valence-electron chi connectivity index (χ2n) is 9.20. The zero-order chi connectivity index (χ0) is 27.1. The van der Waals surface area contributed by atoms with E-state index in [-0.39, 0.29) is 11.1 Å². The van der Waals surface area contributed by atoms with Crippen LogP contribution >= 0.6 is 0 Å². The molecule has 1 nitrogen and oxygen atoms in total. The van der Waals surface area contributed by atoms with Crippen LogP contribution in [0.1, 0.15) is 47.6 Å². The zero-order valence-corrected chi connectivity index (χ0v) is 21.0. The van der Waals surface area contributed by atoms with Crippen LogP contribution in [0.25, 0.3) is 10.8 Å². The van der Waals surface area contributed by atoms with E-state index in [2.05, 4.69) is 47.8 Å². The summed E-state index contributed by atoms with van der Waals surface area (Å²) in [5, 5.41) is 1.19. The van der Waals surface area contributed by atoms with Crippen molar-refractivity contribution >= 4 is 10.8 Å². The molecule has 0 aromatic heterocycles. The molecule has 0 bridgehead atoms. The van der Waals surface area contributed by atoms with Gasteiger partial charge in [0.05, 0.1) is 5.56 Å². The van der Waals surface area contributed by atoms with Crippen molar-refractivity contribution < 1.29 is 26.7 Å². The Hall–Kier alpha value is -3.85. The molecule has 4 aromatic rings. The number of hydrogen-bond acceptors (Lipinski definition) is 1.